The van der Waals surface area contributed by atoms with E-state index in [2.05, 4.69) is 12.2 Å². The highest BCUT2D eigenvalue weighted by Crippen LogP contribution is 2.52. The number of ketones is 2. The van der Waals surface area contributed by atoms with Crippen LogP contribution in [0.5, 0.6) is 0 Å². The summed E-state index contributed by atoms with van der Waals surface area (Å²) in [4.78, 5) is 55.2. The zero-order valence-electron chi connectivity index (χ0n) is 28.3. The van der Waals surface area contributed by atoms with Crippen molar-refractivity contribution in [3.8, 4) is 0 Å². The Balaban J connectivity index is 3.96. The van der Waals surface area contributed by atoms with Gasteiger partial charge in [-0.2, -0.15) is 0 Å². The van der Waals surface area contributed by atoms with Gasteiger partial charge in [0, 0.05) is 12.3 Å². The molecule has 0 aromatic rings. The lowest BCUT2D eigenvalue weighted by atomic mass is 9.57. The molecule has 0 saturated carbocycles. The molecule has 0 aromatic carbocycles. The lowest BCUT2D eigenvalue weighted by molar-refractivity contribution is -0.159. The van der Waals surface area contributed by atoms with Crippen molar-refractivity contribution >= 4 is 23.5 Å². The van der Waals surface area contributed by atoms with Crippen molar-refractivity contribution in [3.63, 3.8) is 0 Å². The molecule has 1 heterocycles. The summed E-state index contributed by atoms with van der Waals surface area (Å²) in [5.41, 5.74) is 1.95. The predicted molar refractivity (Wildman–Crippen MR) is 170 cm³/mol. The van der Waals surface area contributed by atoms with Crippen LogP contribution >= 0.6 is 0 Å². The number of carbonyl (C=O) groups excluding carboxylic acids is 4. The summed E-state index contributed by atoms with van der Waals surface area (Å²) in [6.45, 7) is 21.4. The van der Waals surface area contributed by atoms with Gasteiger partial charge < -0.3 is 9.47 Å². The SMILES string of the molecule is COC(=O)C(C(=O)C(C)C)[C@](C)(CCC=C(C)C)[C@@H](CC=C(C)C)C[C@]1(CC=C(C)C)C(=O)OC(CC=C(C)C)C1=O. The van der Waals surface area contributed by atoms with E-state index in [-0.39, 0.29) is 30.3 Å². The first-order chi connectivity index (χ1) is 19.4. The predicted octanol–water partition coefficient (Wildman–Crippen LogP) is 8.31. The van der Waals surface area contributed by atoms with E-state index >= 15 is 0 Å². The molecule has 6 nitrogen and oxygen atoms in total. The van der Waals surface area contributed by atoms with E-state index in [9.17, 15) is 19.2 Å². The lowest BCUT2D eigenvalue weighted by Crippen LogP contribution is -2.49. The average Bonchev–Trinajstić information content (AvgIpc) is 3.12. The topological polar surface area (TPSA) is 86.7 Å². The summed E-state index contributed by atoms with van der Waals surface area (Å²) in [5.74, 6) is -3.31. The van der Waals surface area contributed by atoms with Crippen LogP contribution in [-0.4, -0.2) is 36.7 Å². The van der Waals surface area contributed by atoms with Crippen LogP contribution in [0.15, 0.2) is 46.6 Å². The van der Waals surface area contributed by atoms with Gasteiger partial charge in [-0.3, -0.25) is 19.2 Å². The van der Waals surface area contributed by atoms with Gasteiger partial charge in [-0.1, -0.05) is 67.4 Å². The van der Waals surface area contributed by atoms with Crippen LogP contribution in [0.1, 0.15) is 115 Å². The molecule has 0 amide bonds. The fourth-order valence-corrected chi connectivity index (χ4v) is 5.83. The first kappa shape index (κ1) is 37.3. The minimum atomic E-state index is -1.41. The Morgan fingerprint density at radius 1 is 0.905 bits per heavy atom. The Kier molecular flexibility index (Phi) is 14.4. The summed E-state index contributed by atoms with van der Waals surface area (Å²) in [6.07, 6.45) is 9.57. The highest BCUT2D eigenvalue weighted by atomic mass is 16.6. The van der Waals surface area contributed by atoms with Crippen LogP contribution < -0.4 is 0 Å². The second kappa shape index (κ2) is 16.2. The van der Waals surface area contributed by atoms with Gasteiger partial charge in [-0.25, -0.2) is 0 Å². The summed E-state index contributed by atoms with van der Waals surface area (Å²) < 4.78 is 11.0. The molecular formula is C36H56O6. The Morgan fingerprint density at radius 3 is 1.93 bits per heavy atom. The third-order valence-electron chi connectivity index (χ3n) is 8.53. The van der Waals surface area contributed by atoms with Crippen molar-refractivity contribution in [1.29, 1.82) is 0 Å². The first-order valence-electron chi connectivity index (χ1n) is 15.3. The van der Waals surface area contributed by atoms with Crippen molar-refractivity contribution in [2.24, 2.45) is 28.6 Å². The highest BCUT2D eigenvalue weighted by Gasteiger charge is 2.59. The number of hydrogen-bond acceptors (Lipinski definition) is 6. The smallest absolute Gasteiger partial charge is 0.320 e. The van der Waals surface area contributed by atoms with Gasteiger partial charge in [-0.15, -0.1) is 0 Å². The molecule has 0 aliphatic carbocycles. The summed E-state index contributed by atoms with van der Waals surface area (Å²) in [5, 5.41) is 0. The minimum absolute atomic E-state index is 0.174. The molecule has 5 atom stereocenters. The molecule has 0 aromatic heterocycles. The minimum Gasteiger partial charge on any atom is -0.468 e. The molecule has 0 bridgehead atoms. The third-order valence-corrected chi connectivity index (χ3v) is 8.53. The number of allylic oxidation sites excluding steroid dienone is 7. The number of methoxy groups -OCH3 is 1. The van der Waals surface area contributed by atoms with Gasteiger partial charge >= 0.3 is 11.9 Å². The monoisotopic (exact) mass is 584 g/mol. The lowest BCUT2D eigenvalue weighted by Gasteiger charge is -2.44. The average molecular weight is 585 g/mol. The largest absolute Gasteiger partial charge is 0.468 e. The van der Waals surface area contributed by atoms with Crippen molar-refractivity contribution in [2.45, 2.75) is 121 Å². The number of esters is 2. The third kappa shape index (κ3) is 9.64. The molecule has 1 aliphatic rings. The number of carbonyl (C=O) groups is 4. The van der Waals surface area contributed by atoms with Crippen LogP contribution in [0, 0.1) is 28.6 Å². The molecule has 0 N–H and O–H groups in total. The van der Waals surface area contributed by atoms with Gasteiger partial charge in [0.1, 0.15) is 17.1 Å². The zero-order valence-corrected chi connectivity index (χ0v) is 28.3. The fraction of sp³-hybridized carbons (Fsp3) is 0.667. The van der Waals surface area contributed by atoms with Crippen molar-refractivity contribution in [3.05, 3.63) is 46.6 Å². The number of ether oxygens (including phenoxy) is 2. The normalized spacial score (nSPS) is 21.0. The van der Waals surface area contributed by atoms with Gasteiger partial charge in [0.05, 0.1) is 7.11 Å². The molecule has 1 aliphatic heterocycles. The summed E-state index contributed by atoms with van der Waals surface area (Å²) >= 11 is 0. The van der Waals surface area contributed by atoms with E-state index in [0.717, 1.165) is 22.3 Å². The molecule has 1 saturated heterocycles. The first-order valence-corrected chi connectivity index (χ1v) is 15.3. The maximum atomic E-state index is 14.2. The summed E-state index contributed by atoms with van der Waals surface area (Å²) in [7, 11) is 1.31. The van der Waals surface area contributed by atoms with Crippen molar-refractivity contribution < 1.29 is 28.7 Å². The van der Waals surface area contributed by atoms with Crippen LogP contribution in [0.3, 0.4) is 0 Å². The Labute approximate surface area is 255 Å². The van der Waals surface area contributed by atoms with Crippen LogP contribution in [0.2, 0.25) is 0 Å². The molecule has 236 valence electrons. The van der Waals surface area contributed by atoms with Gasteiger partial charge in [0.25, 0.3) is 0 Å². The van der Waals surface area contributed by atoms with Gasteiger partial charge in [0.2, 0.25) is 0 Å². The molecule has 1 rings (SSSR count). The Hall–Kier alpha value is -2.76. The number of hydrogen-bond donors (Lipinski definition) is 0. The summed E-state index contributed by atoms with van der Waals surface area (Å²) in [6, 6.07) is 0. The number of Topliss-reactive ketones (excluding diaryl/α,β-unsaturated/α-hetero) is 2. The second-order valence-electron chi connectivity index (χ2n) is 13.6. The van der Waals surface area contributed by atoms with E-state index in [0.29, 0.717) is 25.7 Å². The van der Waals surface area contributed by atoms with Crippen LogP contribution in [-0.2, 0) is 28.7 Å². The van der Waals surface area contributed by atoms with Crippen molar-refractivity contribution in [2.75, 3.05) is 7.11 Å². The van der Waals surface area contributed by atoms with Crippen LogP contribution in [0.4, 0.5) is 0 Å². The second-order valence-corrected chi connectivity index (χ2v) is 13.6. The molecule has 6 heteroatoms. The molecule has 0 radical (unpaired) electrons. The number of cyclic esters (lactones) is 1. The molecular weight excluding hydrogens is 528 g/mol. The maximum absolute atomic E-state index is 14.2. The molecule has 0 spiro atoms. The molecule has 2 unspecified atom stereocenters. The molecule has 42 heavy (non-hydrogen) atoms. The van der Waals surface area contributed by atoms with E-state index in [1.54, 1.807) is 13.8 Å². The Morgan fingerprint density at radius 2 is 1.45 bits per heavy atom. The standard InChI is InChI=1S/C36H56O6/c1-23(2)14-13-20-35(11,30(33(39)41-12)31(37)27(9)10)28(17-15-24(3)4)22-36(21-19-26(7)8)32(38)29(42-34(36)40)18-16-25(5)6/h14-16,19,27-30H,13,17-18,20-22H2,1-12H3/t28-,29?,30?,35+,36-/m0/s1. The molecule has 1 fully saturated rings. The highest BCUT2D eigenvalue weighted by molar-refractivity contribution is 6.11. The van der Waals surface area contributed by atoms with Gasteiger partial charge in [-0.05, 0) is 98.8 Å². The quantitative estimate of drug-likeness (QED) is 0.103. The van der Waals surface area contributed by atoms with E-state index in [4.69, 9.17) is 9.47 Å². The maximum Gasteiger partial charge on any atom is 0.320 e. The van der Waals surface area contributed by atoms with E-state index < -0.39 is 40.7 Å². The van der Waals surface area contributed by atoms with E-state index in [1.165, 1.54) is 7.11 Å². The fourth-order valence-electron chi connectivity index (χ4n) is 5.83. The number of rotatable bonds is 16. The zero-order chi connectivity index (χ0) is 32.4. The Bertz CT molecular complexity index is 1100. The van der Waals surface area contributed by atoms with Crippen LogP contribution in [0.25, 0.3) is 0 Å². The van der Waals surface area contributed by atoms with E-state index in [1.807, 2.05) is 74.5 Å². The van der Waals surface area contributed by atoms with Crippen molar-refractivity contribution in [1.82, 2.24) is 0 Å². The van der Waals surface area contributed by atoms with Gasteiger partial charge in [0.15, 0.2) is 11.9 Å².